The van der Waals surface area contributed by atoms with Crippen LogP contribution in [0.2, 0.25) is 0 Å². The third-order valence-electron chi connectivity index (χ3n) is 4.98. The first kappa shape index (κ1) is 12.3. The van der Waals surface area contributed by atoms with E-state index in [9.17, 15) is 9.59 Å². The fraction of sp³-hybridized carbons (Fsp3) is 0.643. The number of rotatable bonds is 3. The summed E-state index contributed by atoms with van der Waals surface area (Å²) in [6, 6.07) is 2.07. The number of nitrogens with zero attached hydrogens (tertiary/aromatic N) is 2. The first-order valence-corrected chi connectivity index (χ1v) is 8.03. The van der Waals surface area contributed by atoms with Gasteiger partial charge in [-0.2, -0.15) is 0 Å². The Morgan fingerprint density at radius 2 is 2.25 bits per heavy atom. The maximum atomic E-state index is 12.6. The lowest BCUT2D eigenvalue weighted by molar-refractivity contribution is -0.128. The van der Waals surface area contributed by atoms with E-state index < -0.39 is 5.54 Å². The second-order valence-corrected chi connectivity index (χ2v) is 6.88. The van der Waals surface area contributed by atoms with E-state index in [1.165, 1.54) is 18.0 Å². The highest BCUT2D eigenvalue weighted by Gasteiger charge is 2.68. The monoisotopic (exact) mass is 291 g/mol. The van der Waals surface area contributed by atoms with Crippen molar-refractivity contribution >= 4 is 23.3 Å². The van der Waals surface area contributed by atoms with Gasteiger partial charge in [-0.05, 0) is 55.6 Å². The van der Waals surface area contributed by atoms with Crippen LogP contribution >= 0.6 is 11.5 Å². The first-order chi connectivity index (χ1) is 9.72. The minimum atomic E-state index is -0.545. The van der Waals surface area contributed by atoms with E-state index in [1.54, 1.807) is 17.2 Å². The molecule has 6 heteroatoms. The van der Waals surface area contributed by atoms with Crippen LogP contribution in [-0.4, -0.2) is 39.2 Å². The van der Waals surface area contributed by atoms with Gasteiger partial charge in [0.2, 0.25) is 5.91 Å². The number of aromatic nitrogens is 1. The Morgan fingerprint density at radius 3 is 2.85 bits per heavy atom. The van der Waals surface area contributed by atoms with Gasteiger partial charge >= 0.3 is 0 Å². The molecular weight excluding hydrogens is 274 g/mol. The lowest BCUT2D eigenvalue weighted by Gasteiger charge is -2.32. The molecule has 1 aromatic heterocycles. The van der Waals surface area contributed by atoms with Crippen molar-refractivity contribution in [3.8, 4) is 0 Å². The first-order valence-electron chi connectivity index (χ1n) is 7.25. The van der Waals surface area contributed by atoms with Crippen LogP contribution < -0.4 is 5.32 Å². The molecule has 0 bridgehead atoms. The molecule has 2 amide bonds. The van der Waals surface area contributed by atoms with E-state index in [-0.39, 0.29) is 11.8 Å². The quantitative estimate of drug-likeness (QED) is 0.916. The Balaban J connectivity index is 1.54. The van der Waals surface area contributed by atoms with Gasteiger partial charge in [0, 0.05) is 18.8 Å². The molecule has 3 fully saturated rings. The summed E-state index contributed by atoms with van der Waals surface area (Å²) in [5, 5.41) is 3.13. The summed E-state index contributed by atoms with van der Waals surface area (Å²) in [5.74, 6) is 0.401. The highest BCUT2D eigenvalue weighted by Crippen LogP contribution is 2.56. The molecule has 2 unspecified atom stereocenters. The summed E-state index contributed by atoms with van der Waals surface area (Å²) in [4.78, 5) is 27.5. The van der Waals surface area contributed by atoms with E-state index in [2.05, 4.69) is 9.69 Å². The predicted octanol–water partition coefficient (Wildman–Crippen LogP) is 1.42. The number of carbonyl (C=O) groups is 2. The van der Waals surface area contributed by atoms with Gasteiger partial charge in [-0.15, -0.1) is 0 Å². The molecule has 0 radical (unpaired) electrons. The zero-order chi connectivity index (χ0) is 13.7. The summed E-state index contributed by atoms with van der Waals surface area (Å²) in [6.45, 7) is 0.694. The van der Waals surface area contributed by atoms with Gasteiger partial charge in [0.1, 0.15) is 10.4 Å². The molecule has 1 aromatic rings. The van der Waals surface area contributed by atoms with Gasteiger partial charge in [-0.1, -0.05) is 0 Å². The number of carbonyl (C=O) groups excluding carboxylic acids is 2. The van der Waals surface area contributed by atoms with Crippen LogP contribution in [-0.2, 0) is 4.79 Å². The molecule has 1 aliphatic heterocycles. The van der Waals surface area contributed by atoms with Gasteiger partial charge in [0.15, 0.2) is 0 Å². The third-order valence-corrected chi connectivity index (χ3v) is 5.72. The molecule has 2 atom stereocenters. The van der Waals surface area contributed by atoms with Crippen LogP contribution in [0, 0.1) is 5.92 Å². The van der Waals surface area contributed by atoms with Crippen molar-refractivity contribution in [3.05, 3.63) is 17.1 Å². The van der Waals surface area contributed by atoms with Crippen molar-refractivity contribution in [2.24, 2.45) is 5.92 Å². The van der Waals surface area contributed by atoms with E-state index in [0.29, 0.717) is 23.4 Å². The van der Waals surface area contributed by atoms with Crippen molar-refractivity contribution in [1.29, 1.82) is 0 Å². The average Bonchev–Trinajstić information content (AvgIpc) is 2.81. The molecule has 1 saturated heterocycles. The fourth-order valence-corrected chi connectivity index (χ4v) is 4.02. The van der Waals surface area contributed by atoms with Crippen LogP contribution in [0.15, 0.2) is 12.3 Å². The molecule has 2 saturated carbocycles. The normalized spacial score (nSPS) is 31.6. The Kier molecular flexibility index (Phi) is 2.64. The Bertz CT molecular complexity index is 555. The number of nitrogens with one attached hydrogen (secondary N) is 1. The Labute approximate surface area is 121 Å². The fourth-order valence-electron chi connectivity index (χ4n) is 3.48. The lowest BCUT2D eigenvalue weighted by atomic mass is 9.92. The minimum absolute atomic E-state index is 0.0312. The Morgan fingerprint density at radius 1 is 1.40 bits per heavy atom. The highest BCUT2D eigenvalue weighted by atomic mass is 32.1. The number of amides is 2. The summed E-state index contributed by atoms with van der Waals surface area (Å²) in [6.07, 6.45) is 6.77. The van der Waals surface area contributed by atoms with E-state index in [1.807, 2.05) is 0 Å². The zero-order valence-electron chi connectivity index (χ0n) is 11.2. The van der Waals surface area contributed by atoms with Crippen molar-refractivity contribution in [3.63, 3.8) is 0 Å². The highest BCUT2D eigenvalue weighted by molar-refractivity contribution is 7.08. The van der Waals surface area contributed by atoms with E-state index >= 15 is 0 Å². The second kappa shape index (κ2) is 4.28. The zero-order valence-corrected chi connectivity index (χ0v) is 12.0. The van der Waals surface area contributed by atoms with E-state index in [0.717, 1.165) is 25.7 Å². The van der Waals surface area contributed by atoms with Gasteiger partial charge in [-0.3, -0.25) is 9.59 Å². The smallest absolute Gasteiger partial charge is 0.266 e. The number of hydrogen-bond donors (Lipinski definition) is 1. The molecule has 5 nitrogen and oxygen atoms in total. The van der Waals surface area contributed by atoms with Gasteiger partial charge in [-0.25, -0.2) is 4.37 Å². The predicted molar refractivity (Wildman–Crippen MR) is 74.4 cm³/mol. The molecule has 4 rings (SSSR count). The van der Waals surface area contributed by atoms with Crippen molar-refractivity contribution in [1.82, 2.24) is 14.6 Å². The van der Waals surface area contributed by atoms with Gasteiger partial charge in [0.05, 0.1) is 0 Å². The van der Waals surface area contributed by atoms with Crippen molar-refractivity contribution in [2.75, 3.05) is 6.54 Å². The number of fused-ring (bicyclic) bond motifs is 1. The average molecular weight is 291 g/mol. The van der Waals surface area contributed by atoms with E-state index in [4.69, 9.17) is 0 Å². The molecule has 3 aliphatic rings. The number of piperidine rings is 1. The maximum absolute atomic E-state index is 12.6. The van der Waals surface area contributed by atoms with Crippen LogP contribution in [0.25, 0.3) is 0 Å². The summed E-state index contributed by atoms with van der Waals surface area (Å²) in [7, 11) is 0. The van der Waals surface area contributed by atoms with Crippen LogP contribution in [0.3, 0.4) is 0 Å². The molecule has 2 aliphatic carbocycles. The number of hydrogen-bond acceptors (Lipinski definition) is 4. The van der Waals surface area contributed by atoms with Crippen LogP contribution in [0.1, 0.15) is 41.8 Å². The summed E-state index contributed by atoms with van der Waals surface area (Å²) < 4.78 is 3.99. The standard InChI is InChI=1S/C14H17N3O2S/c18-12(11-4-6-15-20-11)17-7-5-9-8-14(9,17)13(19)16-10-2-1-3-10/h4,6,9-10H,1-3,5,7-8H2,(H,16,19). The maximum Gasteiger partial charge on any atom is 0.266 e. The Hall–Kier alpha value is -1.43. The summed E-state index contributed by atoms with van der Waals surface area (Å²) in [5.41, 5.74) is -0.545. The van der Waals surface area contributed by atoms with Crippen molar-refractivity contribution in [2.45, 2.75) is 43.7 Å². The SMILES string of the molecule is O=C(c1ccns1)N1CCC2CC21C(=O)NC1CCC1. The molecule has 1 N–H and O–H groups in total. The molecule has 0 aromatic carbocycles. The lowest BCUT2D eigenvalue weighted by Crippen LogP contribution is -2.53. The second-order valence-electron chi connectivity index (χ2n) is 6.05. The van der Waals surface area contributed by atoms with Gasteiger partial charge in [0.25, 0.3) is 5.91 Å². The van der Waals surface area contributed by atoms with Crippen molar-refractivity contribution < 1.29 is 9.59 Å². The molecule has 0 spiro atoms. The number of likely N-dealkylation sites (tertiary alicyclic amines) is 1. The molecule has 2 heterocycles. The van der Waals surface area contributed by atoms with Crippen LogP contribution in [0.4, 0.5) is 0 Å². The molecule has 106 valence electrons. The van der Waals surface area contributed by atoms with Crippen LogP contribution in [0.5, 0.6) is 0 Å². The molecule has 20 heavy (non-hydrogen) atoms. The summed E-state index contributed by atoms with van der Waals surface area (Å²) >= 11 is 1.21. The largest absolute Gasteiger partial charge is 0.351 e. The third kappa shape index (κ3) is 1.63. The topological polar surface area (TPSA) is 62.3 Å². The molecular formula is C14H17N3O2S. The minimum Gasteiger partial charge on any atom is -0.351 e. The van der Waals surface area contributed by atoms with Gasteiger partial charge < -0.3 is 10.2 Å².